The Balaban J connectivity index is 2.11. The number of alkyl halides is 3. The number of amides is 1. The third-order valence-corrected chi connectivity index (χ3v) is 3.63. The maximum atomic E-state index is 13.5. The monoisotopic (exact) mass is 305 g/mol. The third-order valence-electron chi connectivity index (χ3n) is 3.63. The van der Waals surface area contributed by atoms with E-state index in [4.69, 9.17) is 5.84 Å². The Morgan fingerprint density at radius 2 is 1.90 bits per heavy atom. The molecule has 0 saturated carbocycles. The van der Waals surface area contributed by atoms with Gasteiger partial charge < -0.3 is 10.3 Å². The Bertz CT molecular complexity index is 525. The lowest BCUT2D eigenvalue weighted by Gasteiger charge is -2.33. The Morgan fingerprint density at radius 3 is 2.43 bits per heavy atom. The van der Waals surface area contributed by atoms with Crippen molar-refractivity contribution in [2.75, 3.05) is 18.5 Å². The standard InChI is InChI=1S/C13H15F4N3O/c14-10-3-1-2-9(11(10)19-18)12(21)20-6-4-8(5-7-20)13(15,16)17/h1-3,8,19H,4-7,18H2. The first-order valence-electron chi connectivity index (χ1n) is 6.45. The number of hydrazine groups is 1. The summed E-state index contributed by atoms with van der Waals surface area (Å²) in [6.07, 6.45) is -4.52. The van der Waals surface area contributed by atoms with Crippen LogP contribution < -0.4 is 11.3 Å². The SMILES string of the molecule is NNc1c(F)cccc1C(=O)N1CCC(C(F)(F)F)CC1. The summed E-state index contributed by atoms with van der Waals surface area (Å²) in [6, 6.07) is 3.88. The third kappa shape index (κ3) is 3.26. The molecule has 8 heteroatoms. The summed E-state index contributed by atoms with van der Waals surface area (Å²) in [5.41, 5.74) is 1.98. The highest BCUT2D eigenvalue weighted by Crippen LogP contribution is 2.34. The van der Waals surface area contributed by atoms with Gasteiger partial charge in [-0.25, -0.2) is 4.39 Å². The summed E-state index contributed by atoms with van der Waals surface area (Å²) in [4.78, 5) is 13.6. The molecule has 1 aromatic rings. The quantitative estimate of drug-likeness (QED) is 0.501. The minimum absolute atomic E-state index is 0.0104. The highest BCUT2D eigenvalue weighted by atomic mass is 19.4. The van der Waals surface area contributed by atoms with Crippen molar-refractivity contribution < 1.29 is 22.4 Å². The van der Waals surface area contributed by atoms with E-state index in [2.05, 4.69) is 5.43 Å². The zero-order valence-electron chi connectivity index (χ0n) is 11.1. The zero-order valence-corrected chi connectivity index (χ0v) is 11.1. The first kappa shape index (κ1) is 15.6. The second kappa shape index (κ2) is 5.88. The maximum absolute atomic E-state index is 13.5. The molecule has 3 N–H and O–H groups in total. The molecule has 1 heterocycles. The van der Waals surface area contributed by atoms with Gasteiger partial charge in [0.15, 0.2) is 0 Å². The minimum atomic E-state index is -4.24. The van der Waals surface area contributed by atoms with Crippen molar-refractivity contribution >= 4 is 11.6 Å². The van der Waals surface area contributed by atoms with E-state index in [0.717, 1.165) is 6.07 Å². The average Bonchev–Trinajstić information content (AvgIpc) is 2.45. The van der Waals surface area contributed by atoms with Crippen LogP contribution in [0.5, 0.6) is 0 Å². The molecule has 2 rings (SSSR count). The molecule has 116 valence electrons. The molecule has 0 spiro atoms. The number of benzene rings is 1. The van der Waals surface area contributed by atoms with Crippen molar-refractivity contribution in [3.63, 3.8) is 0 Å². The Hall–Kier alpha value is -1.83. The van der Waals surface area contributed by atoms with Crippen LogP contribution in [0.4, 0.5) is 23.2 Å². The molecule has 1 fully saturated rings. The molecule has 0 bridgehead atoms. The van der Waals surface area contributed by atoms with Crippen LogP contribution in [0.3, 0.4) is 0 Å². The van der Waals surface area contributed by atoms with Crippen molar-refractivity contribution in [2.24, 2.45) is 11.8 Å². The summed E-state index contributed by atoms with van der Waals surface area (Å²) in [5, 5.41) is 0. The number of likely N-dealkylation sites (tertiary alicyclic amines) is 1. The highest BCUT2D eigenvalue weighted by molar-refractivity contribution is 5.99. The number of nitrogens with two attached hydrogens (primary N) is 1. The van der Waals surface area contributed by atoms with Crippen molar-refractivity contribution in [1.82, 2.24) is 4.90 Å². The number of nitrogens with zero attached hydrogens (tertiary/aromatic N) is 1. The fourth-order valence-electron chi connectivity index (χ4n) is 2.43. The fourth-order valence-corrected chi connectivity index (χ4v) is 2.43. The molecule has 1 aliphatic heterocycles. The van der Waals surface area contributed by atoms with Gasteiger partial charge in [0.25, 0.3) is 5.91 Å². The molecule has 0 atom stereocenters. The lowest BCUT2D eigenvalue weighted by Crippen LogP contribution is -2.42. The highest BCUT2D eigenvalue weighted by Gasteiger charge is 2.41. The largest absolute Gasteiger partial charge is 0.391 e. The molecule has 1 saturated heterocycles. The van der Waals surface area contributed by atoms with E-state index in [9.17, 15) is 22.4 Å². The number of carbonyl (C=O) groups is 1. The molecule has 0 radical (unpaired) electrons. The van der Waals surface area contributed by atoms with E-state index in [1.165, 1.54) is 17.0 Å². The number of carbonyl (C=O) groups excluding carboxylic acids is 1. The zero-order chi connectivity index (χ0) is 15.6. The summed E-state index contributed by atoms with van der Waals surface area (Å²) in [6.45, 7) is -0.0208. The van der Waals surface area contributed by atoms with Crippen LogP contribution in [0.1, 0.15) is 23.2 Å². The van der Waals surface area contributed by atoms with Crippen LogP contribution in [0.25, 0.3) is 0 Å². The summed E-state index contributed by atoms with van der Waals surface area (Å²) >= 11 is 0. The number of hydrogen-bond acceptors (Lipinski definition) is 3. The number of anilines is 1. The van der Waals surface area contributed by atoms with Gasteiger partial charge in [-0.1, -0.05) is 6.07 Å². The smallest absolute Gasteiger partial charge is 0.339 e. The normalized spacial score (nSPS) is 16.9. The predicted octanol–water partition coefficient (Wildman–Crippen LogP) is 2.53. The molecular weight excluding hydrogens is 290 g/mol. The van der Waals surface area contributed by atoms with E-state index in [1.807, 2.05) is 0 Å². The van der Waals surface area contributed by atoms with E-state index in [1.54, 1.807) is 0 Å². The van der Waals surface area contributed by atoms with E-state index >= 15 is 0 Å². The first-order valence-corrected chi connectivity index (χ1v) is 6.45. The van der Waals surface area contributed by atoms with Crippen molar-refractivity contribution in [1.29, 1.82) is 0 Å². The number of rotatable bonds is 2. The topological polar surface area (TPSA) is 58.4 Å². The van der Waals surface area contributed by atoms with Crippen LogP contribution in [0.15, 0.2) is 18.2 Å². The molecule has 4 nitrogen and oxygen atoms in total. The van der Waals surface area contributed by atoms with Gasteiger partial charge in [0.1, 0.15) is 5.82 Å². The van der Waals surface area contributed by atoms with E-state index in [0.29, 0.717) is 0 Å². The van der Waals surface area contributed by atoms with E-state index in [-0.39, 0.29) is 37.2 Å². The van der Waals surface area contributed by atoms with Crippen molar-refractivity contribution in [2.45, 2.75) is 19.0 Å². The molecule has 1 aliphatic rings. The van der Waals surface area contributed by atoms with Gasteiger partial charge in [0.2, 0.25) is 0 Å². The average molecular weight is 305 g/mol. The maximum Gasteiger partial charge on any atom is 0.391 e. The molecule has 0 unspecified atom stereocenters. The van der Waals surface area contributed by atoms with Gasteiger partial charge in [-0.05, 0) is 25.0 Å². The Kier molecular flexibility index (Phi) is 4.36. The van der Waals surface area contributed by atoms with E-state index < -0.39 is 23.8 Å². The van der Waals surface area contributed by atoms with Gasteiger partial charge in [-0.3, -0.25) is 10.6 Å². The number of piperidine rings is 1. The lowest BCUT2D eigenvalue weighted by atomic mass is 9.95. The molecular formula is C13H15F4N3O. The number of nitrogens with one attached hydrogen (secondary N) is 1. The Morgan fingerprint density at radius 1 is 1.29 bits per heavy atom. The summed E-state index contributed by atoms with van der Waals surface area (Å²) in [7, 11) is 0. The number of halogens is 4. The van der Waals surface area contributed by atoms with Gasteiger partial charge in [-0.2, -0.15) is 13.2 Å². The van der Waals surface area contributed by atoms with Gasteiger partial charge in [0.05, 0.1) is 17.2 Å². The minimum Gasteiger partial charge on any atom is -0.339 e. The second-order valence-electron chi connectivity index (χ2n) is 4.91. The predicted molar refractivity (Wildman–Crippen MR) is 68.9 cm³/mol. The van der Waals surface area contributed by atoms with Gasteiger partial charge in [-0.15, -0.1) is 0 Å². The lowest BCUT2D eigenvalue weighted by molar-refractivity contribution is -0.183. The molecule has 1 aromatic carbocycles. The Labute approximate surface area is 118 Å². The van der Waals surface area contributed by atoms with Crippen LogP contribution in [0, 0.1) is 11.7 Å². The summed E-state index contributed by atoms with van der Waals surface area (Å²) < 4.78 is 51.3. The molecule has 1 amide bonds. The van der Waals surface area contributed by atoms with Crippen molar-refractivity contribution in [3.8, 4) is 0 Å². The first-order chi connectivity index (χ1) is 9.84. The summed E-state index contributed by atoms with van der Waals surface area (Å²) in [5.74, 6) is 2.59. The van der Waals surface area contributed by atoms with Crippen LogP contribution in [-0.2, 0) is 0 Å². The number of hydrogen-bond donors (Lipinski definition) is 2. The van der Waals surface area contributed by atoms with Gasteiger partial charge >= 0.3 is 6.18 Å². The van der Waals surface area contributed by atoms with Gasteiger partial charge in [0, 0.05) is 13.1 Å². The number of para-hydroxylation sites is 1. The van der Waals surface area contributed by atoms with Crippen LogP contribution in [0.2, 0.25) is 0 Å². The fraction of sp³-hybridized carbons (Fsp3) is 0.462. The molecule has 21 heavy (non-hydrogen) atoms. The number of nitrogen functional groups attached to an aromatic ring is 1. The molecule has 0 aromatic heterocycles. The molecule has 0 aliphatic carbocycles. The van der Waals surface area contributed by atoms with Crippen LogP contribution >= 0.6 is 0 Å². The van der Waals surface area contributed by atoms with Crippen molar-refractivity contribution in [3.05, 3.63) is 29.6 Å². The second-order valence-corrected chi connectivity index (χ2v) is 4.91. The van der Waals surface area contributed by atoms with Crippen LogP contribution in [-0.4, -0.2) is 30.1 Å².